The van der Waals surface area contributed by atoms with Gasteiger partial charge in [0.25, 0.3) is 0 Å². The van der Waals surface area contributed by atoms with E-state index in [0.717, 1.165) is 9.48 Å². The van der Waals surface area contributed by atoms with Gasteiger partial charge in [0.1, 0.15) is 5.01 Å². The van der Waals surface area contributed by atoms with Crippen molar-refractivity contribution < 1.29 is 8.42 Å². The van der Waals surface area contributed by atoms with Gasteiger partial charge in [-0.2, -0.15) is 4.72 Å². The van der Waals surface area contributed by atoms with Crippen molar-refractivity contribution in [2.75, 3.05) is 0 Å². The van der Waals surface area contributed by atoms with E-state index in [9.17, 15) is 8.42 Å². The van der Waals surface area contributed by atoms with E-state index in [-0.39, 0.29) is 4.90 Å². The highest BCUT2D eigenvalue weighted by Gasteiger charge is 2.30. The fourth-order valence-electron chi connectivity index (χ4n) is 1.60. The van der Waals surface area contributed by atoms with Gasteiger partial charge in [0.05, 0.1) is 10.4 Å². The van der Waals surface area contributed by atoms with E-state index in [1.807, 2.05) is 5.38 Å². The average Bonchev–Trinajstić information content (AvgIpc) is 2.81. The van der Waals surface area contributed by atoms with Crippen LogP contribution in [-0.4, -0.2) is 13.4 Å². The molecule has 1 aromatic carbocycles. The Morgan fingerprint density at radius 3 is 2.68 bits per heavy atom. The maximum atomic E-state index is 12.3. The quantitative estimate of drug-likeness (QED) is 0.910. The van der Waals surface area contributed by atoms with E-state index in [4.69, 9.17) is 0 Å². The minimum atomic E-state index is -3.58. The molecule has 0 radical (unpaired) electrons. The first-order valence-corrected chi connectivity index (χ1v) is 8.66. The number of nitrogens with zero attached hydrogens (tertiary/aromatic N) is 1. The Hall–Kier alpha value is -0.760. The molecule has 7 heteroatoms. The van der Waals surface area contributed by atoms with Crippen LogP contribution in [0.1, 0.15) is 18.9 Å². The Morgan fingerprint density at radius 2 is 2.11 bits per heavy atom. The average molecular weight is 361 g/mol. The van der Waals surface area contributed by atoms with Crippen molar-refractivity contribution in [2.24, 2.45) is 0 Å². The number of hydrogen-bond acceptors (Lipinski definition) is 4. The summed E-state index contributed by atoms with van der Waals surface area (Å²) in [6.07, 6.45) is 1.66. The second-order valence-electron chi connectivity index (χ2n) is 4.53. The predicted molar refractivity (Wildman–Crippen MR) is 79.6 cm³/mol. The predicted octanol–water partition coefficient (Wildman–Crippen LogP) is 3.12. The summed E-state index contributed by atoms with van der Waals surface area (Å²) in [4.78, 5) is 4.39. The Kier molecular flexibility index (Phi) is 4.10. The second kappa shape index (κ2) is 5.32. The lowest BCUT2D eigenvalue weighted by Gasteiger charge is -2.23. The van der Waals surface area contributed by atoms with Gasteiger partial charge >= 0.3 is 0 Å². The minimum Gasteiger partial charge on any atom is -0.248 e. The molecule has 0 unspecified atom stereocenters. The van der Waals surface area contributed by atoms with Crippen LogP contribution in [0.15, 0.2) is 45.2 Å². The van der Waals surface area contributed by atoms with Crippen LogP contribution < -0.4 is 4.72 Å². The molecule has 0 spiro atoms. The van der Waals surface area contributed by atoms with Gasteiger partial charge in [-0.05, 0) is 32.0 Å². The number of hydrogen-bond donors (Lipinski definition) is 1. The normalized spacial score (nSPS) is 12.6. The standard InChI is InChI=1S/C12H13BrN2O2S2/c1-12(2,11-14-6-7-18-11)15-19(16,17)10-5-3-4-9(13)8-10/h3-8,15H,1-2H3. The molecule has 0 fully saturated rings. The molecule has 0 saturated carbocycles. The molecule has 0 aliphatic rings. The molecular weight excluding hydrogens is 348 g/mol. The van der Waals surface area contributed by atoms with E-state index in [0.29, 0.717) is 0 Å². The monoisotopic (exact) mass is 360 g/mol. The molecule has 0 amide bonds. The van der Waals surface area contributed by atoms with Gasteiger partial charge < -0.3 is 0 Å². The third-order valence-corrected chi connectivity index (χ3v) is 5.71. The maximum Gasteiger partial charge on any atom is 0.241 e. The number of nitrogens with one attached hydrogen (secondary N) is 1. The fraction of sp³-hybridized carbons (Fsp3) is 0.250. The van der Waals surface area contributed by atoms with Crippen LogP contribution in [0.25, 0.3) is 0 Å². The largest absolute Gasteiger partial charge is 0.248 e. The van der Waals surface area contributed by atoms with Crippen LogP contribution in [0.4, 0.5) is 0 Å². The molecule has 0 aliphatic carbocycles. The first-order chi connectivity index (χ1) is 8.81. The molecule has 4 nitrogen and oxygen atoms in total. The van der Waals surface area contributed by atoms with Gasteiger partial charge in [-0.25, -0.2) is 13.4 Å². The van der Waals surface area contributed by atoms with Crippen molar-refractivity contribution in [3.8, 4) is 0 Å². The molecule has 19 heavy (non-hydrogen) atoms. The molecule has 0 saturated heterocycles. The lowest BCUT2D eigenvalue weighted by atomic mass is 10.1. The van der Waals surface area contributed by atoms with Crippen molar-refractivity contribution in [1.82, 2.24) is 9.71 Å². The van der Waals surface area contributed by atoms with E-state index in [2.05, 4.69) is 25.6 Å². The van der Waals surface area contributed by atoms with Crippen LogP contribution in [0.5, 0.6) is 0 Å². The summed E-state index contributed by atoms with van der Waals surface area (Å²) < 4.78 is 28.1. The minimum absolute atomic E-state index is 0.228. The highest BCUT2D eigenvalue weighted by atomic mass is 79.9. The van der Waals surface area contributed by atoms with E-state index >= 15 is 0 Å². The molecule has 0 aliphatic heterocycles. The van der Waals surface area contributed by atoms with Crippen LogP contribution in [-0.2, 0) is 15.6 Å². The number of benzene rings is 1. The Labute approximate surface area is 125 Å². The number of halogens is 1. The zero-order chi connectivity index (χ0) is 14.1. The second-order valence-corrected chi connectivity index (χ2v) is 8.02. The Bertz CT molecular complexity index is 667. The van der Waals surface area contributed by atoms with Gasteiger partial charge in [-0.3, -0.25) is 0 Å². The third-order valence-electron chi connectivity index (χ3n) is 2.46. The first-order valence-electron chi connectivity index (χ1n) is 5.51. The molecule has 1 heterocycles. The van der Waals surface area contributed by atoms with Gasteiger partial charge in [0.15, 0.2) is 0 Å². The lowest BCUT2D eigenvalue weighted by molar-refractivity contribution is 0.470. The summed E-state index contributed by atoms with van der Waals surface area (Å²) in [5, 5.41) is 2.55. The summed E-state index contributed by atoms with van der Waals surface area (Å²) in [7, 11) is -3.58. The van der Waals surface area contributed by atoms with E-state index in [1.165, 1.54) is 11.3 Å². The van der Waals surface area contributed by atoms with Crippen LogP contribution >= 0.6 is 27.3 Å². The van der Waals surface area contributed by atoms with E-state index < -0.39 is 15.6 Å². The van der Waals surface area contributed by atoms with Crippen LogP contribution in [0.3, 0.4) is 0 Å². The van der Waals surface area contributed by atoms with Crippen molar-refractivity contribution in [2.45, 2.75) is 24.3 Å². The Morgan fingerprint density at radius 1 is 1.37 bits per heavy atom. The van der Waals surface area contributed by atoms with Gasteiger partial charge in [0, 0.05) is 16.0 Å². The first kappa shape index (κ1) is 14.6. The lowest BCUT2D eigenvalue weighted by Crippen LogP contribution is -2.40. The number of sulfonamides is 1. The zero-order valence-electron chi connectivity index (χ0n) is 10.4. The summed E-state index contributed by atoms with van der Waals surface area (Å²) in [5.41, 5.74) is -0.741. The molecule has 102 valence electrons. The molecular formula is C12H13BrN2O2S2. The topological polar surface area (TPSA) is 59.1 Å². The number of thiazole rings is 1. The molecule has 2 aromatic rings. The Balaban J connectivity index is 2.32. The van der Waals surface area contributed by atoms with Gasteiger partial charge in [-0.15, -0.1) is 11.3 Å². The van der Waals surface area contributed by atoms with Crippen LogP contribution in [0, 0.1) is 0 Å². The summed E-state index contributed by atoms with van der Waals surface area (Å²) in [6, 6.07) is 6.60. The summed E-state index contributed by atoms with van der Waals surface area (Å²) in [5.74, 6) is 0. The third kappa shape index (κ3) is 3.42. The number of aromatic nitrogens is 1. The SMILES string of the molecule is CC(C)(NS(=O)(=O)c1cccc(Br)c1)c1nccs1. The van der Waals surface area contributed by atoms with Crippen LogP contribution in [0.2, 0.25) is 0 Å². The van der Waals surface area contributed by atoms with Gasteiger partial charge in [0.2, 0.25) is 10.0 Å². The molecule has 0 bridgehead atoms. The number of rotatable bonds is 4. The van der Waals surface area contributed by atoms with Gasteiger partial charge in [-0.1, -0.05) is 22.0 Å². The van der Waals surface area contributed by atoms with Crippen molar-refractivity contribution in [1.29, 1.82) is 0 Å². The smallest absolute Gasteiger partial charge is 0.241 e. The maximum absolute atomic E-state index is 12.3. The molecule has 1 aromatic heterocycles. The molecule has 0 atom stereocenters. The van der Waals surface area contributed by atoms with Crippen molar-refractivity contribution >= 4 is 37.3 Å². The zero-order valence-corrected chi connectivity index (χ0v) is 13.6. The highest BCUT2D eigenvalue weighted by Crippen LogP contribution is 2.25. The molecule has 1 N–H and O–H groups in total. The van der Waals surface area contributed by atoms with E-state index in [1.54, 1.807) is 44.3 Å². The van der Waals surface area contributed by atoms with Crippen molar-refractivity contribution in [3.63, 3.8) is 0 Å². The summed E-state index contributed by atoms with van der Waals surface area (Å²) >= 11 is 4.69. The van der Waals surface area contributed by atoms with Crippen molar-refractivity contribution in [3.05, 3.63) is 45.3 Å². The summed E-state index contributed by atoms with van der Waals surface area (Å²) in [6.45, 7) is 3.59. The highest BCUT2D eigenvalue weighted by molar-refractivity contribution is 9.10. The molecule has 2 rings (SSSR count). The fourth-order valence-corrected chi connectivity index (χ4v) is 4.36.